The van der Waals surface area contributed by atoms with Crippen LogP contribution in [0.2, 0.25) is 0 Å². The topological polar surface area (TPSA) is 71.1 Å². The van der Waals surface area contributed by atoms with Crippen LogP contribution in [0.15, 0.2) is 48.5 Å². The summed E-state index contributed by atoms with van der Waals surface area (Å²) in [5.74, 6) is -1.42. The molecule has 0 aliphatic heterocycles. The van der Waals surface area contributed by atoms with E-state index in [2.05, 4.69) is 16.7 Å². The second-order valence-electron chi connectivity index (χ2n) is 5.26. The van der Waals surface area contributed by atoms with Gasteiger partial charge < -0.3 is 0 Å². The lowest BCUT2D eigenvalue weighted by atomic mass is 10.2. The molecule has 25 heavy (non-hydrogen) atoms. The third-order valence-corrected chi connectivity index (χ3v) is 3.20. The molecular weight excluding hydrogens is 324 g/mol. The van der Waals surface area contributed by atoms with Crippen molar-refractivity contribution >= 4 is 11.9 Å². The van der Waals surface area contributed by atoms with Crippen molar-refractivity contribution in [2.45, 2.75) is 20.3 Å². The SMILES string of the molecule is [CH2]C[C](OOC(=O)c1ccc(C)cc1)OOC(=O)c1ccc(C)cc1. The summed E-state index contributed by atoms with van der Waals surface area (Å²) < 4.78 is 0. The van der Waals surface area contributed by atoms with Crippen molar-refractivity contribution in [2.75, 3.05) is 0 Å². The van der Waals surface area contributed by atoms with Gasteiger partial charge in [0.1, 0.15) is 0 Å². The first kappa shape index (κ1) is 18.6. The van der Waals surface area contributed by atoms with Crippen LogP contribution in [0.25, 0.3) is 0 Å². The molecule has 0 heterocycles. The van der Waals surface area contributed by atoms with E-state index in [9.17, 15) is 9.59 Å². The number of benzene rings is 2. The molecule has 2 radical (unpaired) electrons. The summed E-state index contributed by atoms with van der Waals surface area (Å²) in [6.07, 6.45) is -0.288. The molecule has 0 aliphatic carbocycles. The maximum Gasteiger partial charge on any atom is 0.373 e. The van der Waals surface area contributed by atoms with Gasteiger partial charge in [-0.05, 0) is 45.0 Å². The Morgan fingerprint density at radius 2 is 1.08 bits per heavy atom. The van der Waals surface area contributed by atoms with Crippen molar-refractivity contribution < 1.29 is 29.1 Å². The summed E-state index contributed by atoms with van der Waals surface area (Å²) in [6.45, 7) is 7.34. The van der Waals surface area contributed by atoms with Gasteiger partial charge in [-0.2, -0.15) is 0 Å². The Morgan fingerprint density at radius 1 is 0.720 bits per heavy atom. The van der Waals surface area contributed by atoms with E-state index in [0.29, 0.717) is 11.1 Å². The molecule has 2 aromatic rings. The van der Waals surface area contributed by atoms with E-state index in [1.165, 1.54) is 0 Å². The summed E-state index contributed by atoms with van der Waals surface area (Å²) >= 11 is 0. The number of carbonyl (C=O) groups is 2. The first-order valence-corrected chi connectivity index (χ1v) is 7.55. The molecule has 0 spiro atoms. The lowest BCUT2D eigenvalue weighted by Crippen LogP contribution is -2.15. The summed E-state index contributed by atoms with van der Waals surface area (Å²) in [5, 5.41) is 0. The molecule has 0 N–H and O–H groups in total. The van der Waals surface area contributed by atoms with Crippen LogP contribution >= 0.6 is 0 Å². The van der Waals surface area contributed by atoms with Crippen LogP contribution in [0.5, 0.6) is 0 Å². The highest BCUT2D eigenvalue weighted by atomic mass is 17.3. The first-order valence-electron chi connectivity index (χ1n) is 7.55. The van der Waals surface area contributed by atoms with Crippen LogP contribution in [0, 0.1) is 27.1 Å². The molecule has 0 saturated carbocycles. The molecule has 0 atom stereocenters. The predicted molar refractivity (Wildman–Crippen MR) is 88.6 cm³/mol. The summed E-state index contributed by atoms with van der Waals surface area (Å²) in [4.78, 5) is 42.4. The summed E-state index contributed by atoms with van der Waals surface area (Å²) in [5.41, 5.74) is 2.64. The molecule has 6 nitrogen and oxygen atoms in total. The minimum absolute atomic E-state index is 0.0254. The molecule has 0 fully saturated rings. The van der Waals surface area contributed by atoms with Gasteiger partial charge in [-0.15, -0.1) is 9.78 Å². The molecule has 0 unspecified atom stereocenters. The zero-order valence-electron chi connectivity index (χ0n) is 14.0. The molecule has 0 amide bonds. The van der Waals surface area contributed by atoms with E-state index in [1.54, 1.807) is 48.5 Å². The van der Waals surface area contributed by atoms with Gasteiger partial charge in [0, 0.05) is 6.42 Å². The zero-order valence-corrected chi connectivity index (χ0v) is 14.0. The van der Waals surface area contributed by atoms with Crippen molar-refractivity contribution in [1.29, 1.82) is 0 Å². The fraction of sp³-hybridized carbons (Fsp3) is 0.158. The lowest BCUT2D eigenvalue weighted by Gasteiger charge is -2.11. The van der Waals surface area contributed by atoms with Crippen LogP contribution in [-0.2, 0) is 19.6 Å². The molecule has 0 bridgehead atoms. The fourth-order valence-electron chi connectivity index (χ4n) is 1.74. The Balaban J connectivity index is 1.81. The highest BCUT2D eigenvalue weighted by molar-refractivity contribution is 5.89. The van der Waals surface area contributed by atoms with Gasteiger partial charge in [-0.25, -0.2) is 9.59 Å². The largest absolute Gasteiger partial charge is 0.373 e. The van der Waals surface area contributed by atoms with Crippen molar-refractivity contribution in [2.24, 2.45) is 0 Å². The van der Waals surface area contributed by atoms with E-state index < -0.39 is 11.9 Å². The van der Waals surface area contributed by atoms with Crippen LogP contribution < -0.4 is 0 Å². The Hall–Kier alpha value is -2.70. The van der Waals surface area contributed by atoms with Crippen molar-refractivity contribution in [1.82, 2.24) is 0 Å². The molecule has 2 aromatic carbocycles. The minimum atomic E-state index is -0.709. The Morgan fingerprint density at radius 3 is 1.40 bits per heavy atom. The third-order valence-electron chi connectivity index (χ3n) is 3.20. The summed E-state index contributed by atoms with van der Waals surface area (Å²) in [6, 6.07) is 13.5. The molecule has 2 rings (SSSR count). The van der Waals surface area contributed by atoms with Crippen LogP contribution in [0.1, 0.15) is 38.3 Å². The van der Waals surface area contributed by atoms with E-state index in [0.717, 1.165) is 11.1 Å². The van der Waals surface area contributed by atoms with Gasteiger partial charge in [0.15, 0.2) is 0 Å². The number of hydrogen-bond donors (Lipinski definition) is 0. The van der Waals surface area contributed by atoms with Crippen molar-refractivity contribution in [3.8, 4) is 0 Å². The lowest BCUT2D eigenvalue weighted by molar-refractivity contribution is -0.362. The second kappa shape index (κ2) is 8.96. The van der Waals surface area contributed by atoms with Gasteiger partial charge >= 0.3 is 18.2 Å². The Labute approximate surface area is 146 Å². The molecule has 130 valence electrons. The van der Waals surface area contributed by atoms with Gasteiger partial charge in [-0.1, -0.05) is 35.4 Å². The maximum atomic E-state index is 11.8. The molecular formula is C19H18O6. The van der Waals surface area contributed by atoms with Gasteiger partial charge in [0.2, 0.25) is 0 Å². The second-order valence-corrected chi connectivity index (χ2v) is 5.26. The quantitative estimate of drug-likeness (QED) is 0.561. The first-order chi connectivity index (χ1) is 12.0. The van der Waals surface area contributed by atoms with Crippen LogP contribution in [-0.4, -0.2) is 11.9 Å². The minimum Gasteiger partial charge on any atom is -0.289 e. The average Bonchev–Trinajstić information content (AvgIpc) is 2.62. The zero-order chi connectivity index (χ0) is 18.2. The molecule has 0 saturated heterocycles. The van der Waals surface area contributed by atoms with Crippen molar-refractivity contribution in [3.63, 3.8) is 0 Å². The third kappa shape index (κ3) is 5.70. The number of rotatable bonds is 7. The predicted octanol–water partition coefficient (Wildman–Crippen LogP) is 3.89. The maximum absolute atomic E-state index is 11.8. The monoisotopic (exact) mass is 342 g/mol. The highest BCUT2D eigenvalue weighted by Gasteiger charge is 2.19. The molecule has 6 heteroatoms. The Bertz CT molecular complexity index is 644. The van der Waals surface area contributed by atoms with E-state index in [-0.39, 0.29) is 12.7 Å². The van der Waals surface area contributed by atoms with E-state index >= 15 is 0 Å². The highest BCUT2D eigenvalue weighted by Crippen LogP contribution is 2.14. The number of hydrogen-bond acceptors (Lipinski definition) is 6. The van der Waals surface area contributed by atoms with Gasteiger partial charge in [0.05, 0.1) is 11.1 Å². The number of aryl methyl sites for hydroxylation is 2. The number of carbonyl (C=O) groups excluding carboxylic acids is 2. The van der Waals surface area contributed by atoms with Gasteiger partial charge in [-0.3, -0.25) is 9.78 Å². The standard InChI is InChI=1S/C19H18O6/c1-4-17(22-24-18(20)15-9-5-13(2)6-10-15)23-25-19(21)16-11-7-14(3)8-12-16/h5-12H,1,4H2,2-3H3. The molecule has 0 aliphatic rings. The van der Waals surface area contributed by atoms with E-state index in [4.69, 9.17) is 9.78 Å². The molecule has 0 aromatic heterocycles. The fourth-order valence-corrected chi connectivity index (χ4v) is 1.74. The summed E-state index contributed by atoms with van der Waals surface area (Å²) in [7, 11) is 0. The average molecular weight is 342 g/mol. The van der Waals surface area contributed by atoms with Gasteiger partial charge in [0.25, 0.3) is 0 Å². The Kier molecular flexibility index (Phi) is 6.68. The van der Waals surface area contributed by atoms with E-state index in [1.807, 2.05) is 13.8 Å². The van der Waals surface area contributed by atoms with Crippen LogP contribution in [0.3, 0.4) is 0 Å². The smallest absolute Gasteiger partial charge is 0.289 e. The van der Waals surface area contributed by atoms with Crippen LogP contribution in [0.4, 0.5) is 0 Å². The normalized spacial score (nSPS) is 10.6. The van der Waals surface area contributed by atoms with Crippen molar-refractivity contribution in [3.05, 3.63) is 84.0 Å².